The molecule has 1 saturated heterocycles. The Hall–Kier alpha value is -2.40. The minimum absolute atomic E-state index is 0.167. The average Bonchev–Trinajstić information content (AvgIpc) is 2.86. The zero-order chi connectivity index (χ0) is 18.7. The molecule has 0 bridgehead atoms. The van der Waals surface area contributed by atoms with Gasteiger partial charge in [0.15, 0.2) is 0 Å². The Morgan fingerprint density at radius 2 is 1.62 bits per heavy atom. The highest BCUT2D eigenvalue weighted by Gasteiger charge is 2.61. The first kappa shape index (κ1) is 17.0. The van der Waals surface area contributed by atoms with Crippen LogP contribution in [0.3, 0.4) is 0 Å². The third kappa shape index (κ3) is 2.20. The second-order valence-corrected chi connectivity index (χ2v) is 9.28. The Bertz CT molecular complexity index is 1020. The molecule has 2 aromatic rings. The number of amides is 1. The van der Waals surface area contributed by atoms with E-state index in [9.17, 15) is 13.2 Å². The molecule has 2 unspecified atom stereocenters. The molecule has 0 spiro atoms. The molecule has 0 radical (unpaired) electrons. The number of aryl methyl sites for hydroxylation is 1. The molecule has 1 heterocycles. The Balaban J connectivity index is 1.73. The van der Waals surface area contributed by atoms with Crippen molar-refractivity contribution in [1.29, 1.82) is 0 Å². The molecule has 1 aliphatic heterocycles. The lowest BCUT2D eigenvalue weighted by molar-refractivity contribution is -0.126. The molecule has 5 heteroatoms. The normalized spacial score (nSPS) is 25.3. The summed E-state index contributed by atoms with van der Waals surface area (Å²) in [6.07, 6.45) is 0. The van der Waals surface area contributed by atoms with Crippen LogP contribution in [0.4, 0.5) is 0 Å². The third-order valence-electron chi connectivity index (χ3n) is 5.85. The lowest BCUT2D eigenvalue weighted by atomic mass is 9.57. The molecule has 0 aromatic heterocycles. The van der Waals surface area contributed by atoms with Crippen molar-refractivity contribution in [2.24, 2.45) is 11.3 Å². The topological polar surface area (TPSA) is 54.5 Å². The van der Waals surface area contributed by atoms with Gasteiger partial charge in [0.2, 0.25) is 5.91 Å². The van der Waals surface area contributed by atoms with Gasteiger partial charge in [-0.05, 0) is 37.1 Å². The Morgan fingerprint density at radius 3 is 2.23 bits per heavy atom. The summed E-state index contributed by atoms with van der Waals surface area (Å²) in [5.41, 5.74) is 3.62. The van der Waals surface area contributed by atoms with Gasteiger partial charge in [0.05, 0.1) is 10.8 Å². The summed E-state index contributed by atoms with van der Waals surface area (Å²) >= 11 is 0. The molecule has 2 aliphatic rings. The summed E-state index contributed by atoms with van der Waals surface area (Å²) in [6, 6.07) is 16.4. The first-order chi connectivity index (χ1) is 12.3. The predicted molar refractivity (Wildman–Crippen MR) is 101 cm³/mol. The Labute approximate surface area is 154 Å². The predicted octanol–water partition coefficient (Wildman–Crippen LogP) is 3.64. The smallest absolute Gasteiger partial charge is 0.266 e. The highest BCUT2D eigenvalue weighted by molar-refractivity contribution is 7.89. The van der Waals surface area contributed by atoms with E-state index in [2.05, 4.69) is 0 Å². The largest absolute Gasteiger partial charge is 0.273 e. The van der Waals surface area contributed by atoms with Crippen LogP contribution in [0.15, 0.2) is 65.1 Å². The van der Waals surface area contributed by atoms with E-state index in [1.165, 1.54) is 0 Å². The minimum Gasteiger partial charge on any atom is -0.273 e. The number of sulfonamides is 1. The second-order valence-electron chi connectivity index (χ2n) is 7.42. The number of carbonyl (C=O) groups is 1. The molecule has 2 aromatic carbocycles. The van der Waals surface area contributed by atoms with Crippen LogP contribution in [0.1, 0.15) is 25.0 Å². The minimum atomic E-state index is -3.84. The zero-order valence-corrected chi connectivity index (χ0v) is 15.9. The lowest BCUT2D eigenvalue weighted by Gasteiger charge is -2.43. The van der Waals surface area contributed by atoms with E-state index in [0.717, 1.165) is 26.6 Å². The summed E-state index contributed by atoms with van der Waals surface area (Å²) in [5.74, 6) is -0.720. The molecule has 134 valence electrons. The number of benzene rings is 2. The third-order valence-corrected chi connectivity index (χ3v) is 7.60. The van der Waals surface area contributed by atoms with Gasteiger partial charge >= 0.3 is 0 Å². The number of fused-ring (bicyclic) bond motifs is 1. The van der Waals surface area contributed by atoms with Crippen LogP contribution in [0.25, 0.3) is 5.57 Å². The number of hydrogen-bond donors (Lipinski definition) is 0. The summed E-state index contributed by atoms with van der Waals surface area (Å²) < 4.78 is 27.2. The highest BCUT2D eigenvalue weighted by Crippen LogP contribution is 2.60. The van der Waals surface area contributed by atoms with Crippen molar-refractivity contribution < 1.29 is 13.2 Å². The van der Waals surface area contributed by atoms with Crippen molar-refractivity contribution in [1.82, 2.24) is 4.31 Å². The Morgan fingerprint density at radius 1 is 1.00 bits per heavy atom. The van der Waals surface area contributed by atoms with E-state index < -0.39 is 21.4 Å². The highest BCUT2D eigenvalue weighted by atomic mass is 32.2. The molecular formula is C21H21NO3S. The molecule has 1 fully saturated rings. The van der Waals surface area contributed by atoms with Gasteiger partial charge in [0.25, 0.3) is 10.0 Å². The van der Waals surface area contributed by atoms with Gasteiger partial charge in [0.1, 0.15) is 0 Å². The fourth-order valence-corrected chi connectivity index (χ4v) is 5.66. The molecule has 26 heavy (non-hydrogen) atoms. The second kappa shape index (κ2) is 5.55. The van der Waals surface area contributed by atoms with Crippen LogP contribution in [0, 0.1) is 18.3 Å². The van der Waals surface area contributed by atoms with Crippen molar-refractivity contribution >= 4 is 21.5 Å². The van der Waals surface area contributed by atoms with Crippen LogP contribution >= 0.6 is 0 Å². The van der Waals surface area contributed by atoms with Gasteiger partial charge in [-0.25, -0.2) is 12.7 Å². The molecule has 4 nitrogen and oxygen atoms in total. The van der Waals surface area contributed by atoms with Crippen LogP contribution < -0.4 is 0 Å². The van der Waals surface area contributed by atoms with Gasteiger partial charge in [-0.15, -0.1) is 0 Å². The van der Waals surface area contributed by atoms with E-state index in [-0.39, 0.29) is 17.3 Å². The molecule has 1 aliphatic carbocycles. The van der Waals surface area contributed by atoms with Gasteiger partial charge in [-0.2, -0.15) is 0 Å². The van der Waals surface area contributed by atoms with Gasteiger partial charge in [-0.1, -0.05) is 60.5 Å². The zero-order valence-electron chi connectivity index (χ0n) is 15.1. The van der Waals surface area contributed by atoms with Crippen molar-refractivity contribution in [3.05, 3.63) is 71.3 Å². The number of rotatable bonds is 3. The maximum Gasteiger partial charge on any atom is 0.266 e. The number of hydrogen-bond acceptors (Lipinski definition) is 3. The van der Waals surface area contributed by atoms with Gasteiger partial charge in [0, 0.05) is 12.0 Å². The molecule has 0 saturated carbocycles. The van der Waals surface area contributed by atoms with Gasteiger partial charge < -0.3 is 0 Å². The SMILES string of the molecule is CC1=C(c2ccccc2)C2C(=O)N(S(=O)(=O)c3ccc(C)cc3)CC12C. The summed E-state index contributed by atoms with van der Waals surface area (Å²) in [5, 5.41) is 0. The molecular weight excluding hydrogens is 346 g/mol. The molecule has 1 amide bonds. The summed E-state index contributed by atoms with van der Waals surface area (Å²) in [6.45, 7) is 6.10. The van der Waals surface area contributed by atoms with E-state index in [1.807, 2.05) is 51.1 Å². The van der Waals surface area contributed by atoms with E-state index >= 15 is 0 Å². The van der Waals surface area contributed by atoms with Crippen molar-refractivity contribution in [3.63, 3.8) is 0 Å². The Kier molecular flexibility index (Phi) is 3.63. The van der Waals surface area contributed by atoms with Crippen molar-refractivity contribution in [3.8, 4) is 0 Å². The number of nitrogens with zero attached hydrogens (tertiary/aromatic N) is 1. The van der Waals surface area contributed by atoms with Crippen molar-refractivity contribution in [2.75, 3.05) is 6.54 Å². The van der Waals surface area contributed by atoms with Crippen molar-refractivity contribution in [2.45, 2.75) is 25.7 Å². The monoisotopic (exact) mass is 367 g/mol. The maximum absolute atomic E-state index is 13.1. The lowest BCUT2D eigenvalue weighted by Crippen LogP contribution is -2.39. The molecule has 0 N–H and O–H groups in total. The van der Waals surface area contributed by atoms with E-state index in [0.29, 0.717) is 0 Å². The fraction of sp³-hybridized carbons (Fsp3) is 0.286. The maximum atomic E-state index is 13.1. The summed E-state index contributed by atoms with van der Waals surface area (Å²) in [7, 11) is -3.84. The summed E-state index contributed by atoms with van der Waals surface area (Å²) in [4.78, 5) is 13.3. The molecule has 4 rings (SSSR count). The van der Waals surface area contributed by atoms with E-state index in [4.69, 9.17) is 0 Å². The quantitative estimate of drug-likeness (QED) is 0.832. The van der Waals surface area contributed by atoms with E-state index in [1.54, 1.807) is 24.3 Å². The van der Waals surface area contributed by atoms with Crippen LogP contribution in [0.2, 0.25) is 0 Å². The van der Waals surface area contributed by atoms with Gasteiger partial charge in [-0.3, -0.25) is 4.79 Å². The molecule has 2 atom stereocenters. The average molecular weight is 367 g/mol. The first-order valence-corrected chi connectivity index (χ1v) is 10.1. The number of carbonyl (C=O) groups excluding carboxylic acids is 1. The first-order valence-electron chi connectivity index (χ1n) is 8.67. The fourth-order valence-electron chi connectivity index (χ4n) is 4.15. The van der Waals surface area contributed by atoms with Crippen LogP contribution in [0.5, 0.6) is 0 Å². The van der Waals surface area contributed by atoms with Crippen LogP contribution in [-0.2, 0) is 14.8 Å². The van der Waals surface area contributed by atoms with Crippen LogP contribution in [-0.4, -0.2) is 25.2 Å². The standard InChI is InChI=1S/C21H21NO3S/c1-14-9-11-17(12-10-14)26(24,25)22-13-21(3)15(2)18(19(21)20(22)23)16-7-5-4-6-8-16/h4-12,19H,13H2,1-3H3.